The smallest absolute Gasteiger partial charge is 0.306 e. The number of esters is 3. The zero-order valence-electron chi connectivity index (χ0n) is 34.6. The summed E-state index contributed by atoms with van der Waals surface area (Å²) in [4.78, 5) is 43.2. The van der Waals surface area contributed by atoms with Crippen LogP contribution in [0, 0.1) is 0 Å². The molecule has 0 amide bonds. The van der Waals surface area contributed by atoms with E-state index in [1.165, 1.54) is 12.8 Å². The summed E-state index contributed by atoms with van der Waals surface area (Å²) in [5.41, 5.74) is 0. The summed E-state index contributed by atoms with van der Waals surface area (Å²) in [5, 5.41) is 24.7. The summed E-state index contributed by atoms with van der Waals surface area (Å²) in [5.74, 6) is 1.59. The first-order valence-electron chi connectivity index (χ1n) is 21.1. The van der Waals surface area contributed by atoms with E-state index in [0.29, 0.717) is 64.6 Å². The molecule has 318 valence electrons. The quantitative estimate of drug-likeness (QED) is 0.0320. The molecule has 0 spiro atoms. The van der Waals surface area contributed by atoms with E-state index in [1.807, 2.05) is 56.3 Å². The molecule has 12 nitrogen and oxygen atoms in total. The van der Waals surface area contributed by atoms with Crippen molar-refractivity contribution in [3.63, 3.8) is 0 Å². The van der Waals surface area contributed by atoms with Crippen molar-refractivity contribution in [2.75, 3.05) is 90.6 Å². The number of carbonyl (C=O) groups excluding carboxylic acids is 3. The lowest BCUT2D eigenvalue weighted by atomic mass is 10.1. The van der Waals surface area contributed by atoms with E-state index in [2.05, 4.69) is 20.0 Å². The number of nitrogens with one attached hydrogen (secondary N) is 1. The predicted molar refractivity (Wildman–Crippen MR) is 223 cm³/mol. The van der Waals surface area contributed by atoms with E-state index >= 15 is 0 Å². The number of aliphatic hydroxyl groups excluding tert-OH is 2. The molecule has 0 aliphatic carbocycles. The Morgan fingerprint density at radius 3 is 1.65 bits per heavy atom. The van der Waals surface area contributed by atoms with Gasteiger partial charge in [-0.2, -0.15) is 0 Å². The number of unbranched alkanes of at least 4 members (excludes halogenated alkanes) is 1. The summed E-state index contributed by atoms with van der Waals surface area (Å²) in [6.07, 6.45) is 9.26. The minimum Gasteiger partial charge on any atom is -0.464 e. The Morgan fingerprint density at radius 1 is 0.667 bits per heavy atom. The van der Waals surface area contributed by atoms with Gasteiger partial charge in [0.25, 0.3) is 0 Å². The maximum atomic E-state index is 12.2. The molecule has 0 aromatic carbocycles. The van der Waals surface area contributed by atoms with Crippen LogP contribution in [0.25, 0.3) is 0 Å². The van der Waals surface area contributed by atoms with E-state index in [9.17, 15) is 24.6 Å². The average molecular weight is 807 g/mol. The van der Waals surface area contributed by atoms with Crippen molar-refractivity contribution in [1.29, 1.82) is 0 Å². The van der Waals surface area contributed by atoms with Crippen LogP contribution in [0.15, 0.2) is 0 Å². The van der Waals surface area contributed by atoms with Gasteiger partial charge in [-0.3, -0.25) is 24.2 Å². The molecule has 0 aromatic rings. The van der Waals surface area contributed by atoms with Crippen LogP contribution in [0.5, 0.6) is 0 Å². The van der Waals surface area contributed by atoms with Crippen molar-refractivity contribution >= 4 is 39.5 Å². The molecule has 1 aliphatic rings. The molecule has 14 heteroatoms. The Labute approximate surface area is 336 Å². The predicted octanol–water partition coefficient (Wildman–Crippen LogP) is 5.53. The van der Waals surface area contributed by atoms with Crippen molar-refractivity contribution in [3.8, 4) is 0 Å². The summed E-state index contributed by atoms with van der Waals surface area (Å²) in [6.45, 7) is 17.1. The SMILES string of the molecule is CCC(CC)OC(=O)CCCC(O)CN(CCCSSCCCCN1CCN(CCOC(=O)CCCNC)CC1)CC(O)CCCC(=O)OC(CC)CC. The van der Waals surface area contributed by atoms with Gasteiger partial charge in [0.2, 0.25) is 0 Å². The van der Waals surface area contributed by atoms with Gasteiger partial charge >= 0.3 is 17.9 Å². The monoisotopic (exact) mass is 807 g/mol. The second kappa shape index (κ2) is 34.0. The van der Waals surface area contributed by atoms with Gasteiger partial charge in [0, 0.05) is 76.6 Å². The number of piperazine rings is 1. The van der Waals surface area contributed by atoms with Gasteiger partial charge in [0.1, 0.15) is 18.8 Å². The van der Waals surface area contributed by atoms with Crippen LogP contribution >= 0.6 is 21.6 Å². The highest BCUT2D eigenvalue weighted by Crippen LogP contribution is 2.24. The van der Waals surface area contributed by atoms with Crippen molar-refractivity contribution in [2.45, 2.75) is 148 Å². The Morgan fingerprint density at radius 2 is 1.15 bits per heavy atom. The van der Waals surface area contributed by atoms with E-state index in [1.54, 1.807) is 0 Å². The molecule has 1 fully saturated rings. The molecule has 0 bridgehead atoms. The second-order valence-electron chi connectivity index (χ2n) is 14.5. The number of hydrogen-bond acceptors (Lipinski definition) is 14. The number of carbonyl (C=O) groups is 3. The van der Waals surface area contributed by atoms with Gasteiger partial charge in [0.15, 0.2) is 0 Å². The van der Waals surface area contributed by atoms with Crippen molar-refractivity contribution in [3.05, 3.63) is 0 Å². The zero-order valence-corrected chi connectivity index (χ0v) is 36.2. The summed E-state index contributed by atoms with van der Waals surface area (Å²) in [7, 11) is 5.69. The van der Waals surface area contributed by atoms with Crippen LogP contribution in [0.3, 0.4) is 0 Å². The number of hydrogen-bond donors (Lipinski definition) is 3. The zero-order chi connectivity index (χ0) is 39.8. The fourth-order valence-electron chi connectivity index (χ4n) is 6.37. The highest BCUT2D eigenvalue weighted by molar-refractivity contribution is 8.76. The summed E-state index contributed by atoms with van der Waals surface area (Å²) >= 11 is 0. The minimum absolute atomic E-state index is 0.0423. The van der Waals surface area contributed by atoms with Gasteiger partial charge in [0.05, 0.1) is 12.2 Å². The van der Waals surface area contributed by atoms with E-state index < -0.39 is 12.2 Å². The Balaban J connectivity index is 2.32. The van der Waals surface area contributed by atoms with E-state index in [-0.39, 0.29) is 30.1 Å². The Bertz CT molecular complexity index is 900. The van der Waals surface area contributed by atoms with Crippen LogP contribution in [0.4, 0.5) is 0 Å². The number of ether oxygens (including phenoxy) is 3. The fraction of sp³-hybridized carbons (Fsp3) is 0.925. The third-order valence-corrected chi connectivity index (χ3v) is 12.4. The molecule has 2 unspecified atom stereocenters. The van der Waals surface area contributed by atoms with E-state index in [0.717, 1.165) is 102 Å². The molecule has 0 aromatic heterocycles. The number of aliphatic hydroxyl groups is 2. The highest BCUT2D eigenvalue weighted by Gasteiger charge is 2.19. The average Bonchev–Trinajstić information content (AvgIpc) is 3.15. The molecular weight excluding hydrogens is 729 g/mol. The van der Waals surface area contributed by atoms with Gasteiger partial charge in [-0.1, -0.05) is 49.3 Å². The second-order valence-corrected chi connectivity index (χ2v) is 17.2. The third kappa shape index (κ3) is 27.5. The van der Waals surface area contributed by atoms with Gasteiger partial charge in [-0.25, -0.2) is 0 Å². The van der Waals surface area contributed by atoms with Crippen LogP contribution in [0.2, 0.25) is 0 Å². The maximum absolute atomic E-state index is 12.2. The van der Waals surface area contributed by atoms with Gasteiger partial charge in [-0.15, -0.1) is 0 Å². The molecule has 2 atom stereocenters. The lowest BCUT2D eigenvalue weighted by Crippen LogP contribution is -2.47. The van der Waals surface area contributed by atoms with Crippen LogP contribution in [-0.4, -0.2) is 158 Å². The summed E-state index contributed by atoms with van der Waals surface area (Å²) in [6, 6.07) is 0. The highest BCUT2D eigenvalue weighted by atomic mass is 33.1. The number of rotatable bonds is 35. The molecule has 1 heterocycles. The molecule has 3 N–H and O–H groups in total. The maximum Gasteiger partial charge on any atom is 0.306 e. The standard InChI is InChI=1S/C40H78N4O8S2/c1-6-36(7-2)51-39(48)18-12-16-34(45)32-44(33-35(46)17-13-19-40(49)52-37(8-3)9-4)23-15-31-54-53-30-11-10-22-42-24-26-43(27-25-42)28-29-50-38(47)20-14-21-41-5/h34-37,41,45-46H,6-33H2,1-5H3. The first-order chi connectivity index (χ1) is 26.1. The molecule has 1 saturated heterocycles. The Kier molecular flexibility index (Phi) is 32.0. The molecule has 1 rings (SSSR count). The lowest BCUT2D eigenvalue weighted by Gasteiger charge is -2.34. The molecule has 0 radical (unpaired) electrons. The van der Waals surface area contributed by atoms with Crippen molar-refractivity contribution in [1.82, 2.24) is 20.0 Å². The first-order valence-corrected chi connectivity index (χ1v) is 23.6. The lowest BCUT2D eigenvalue weighted by molar-refractivity contribution is -0.150. The van der Waals surface area contributed by atoms with Crippen LogP contribution in [0.1, 0.15) is 124 Å². The van der Waals surface area contributed by atoms with E-state index in [4.69, 9.17) is 14.2 Å². The number of nitrogens with zero attached hydrogens (tertiary/aromatic N) is 3. The van der Waals surface area contributed by atoms with Gasteiger partial charge < -0.3 is 34.6 Å². The summed E-state index contributed by atoms with van der Waals surface area (Å²) < 4.78 is 16.4. The third-order valence-electron chi connectivity index (χ3n) is 9.87. The Hall–Kier alpha value is -1.13. The molecule has 54 heavy (non-hydrogen) atoms. The van der Waals surface area contributed by atoms with Crippen molar-refractivity contribution in [2.24, 2.45) is 0 Å². The van der Waals surface area contributed by atoms with Crippen molar-refractivity contribution < 1.29 is 38.8 Å². The van der Waals surface area contributed by atoms with Crippen LogP contribution < -0.4 is 5.32 Å². The first kappa shape index (κ1) is 50.9. The molecule has 0 saturated carbocycles. The largest absolute Gasteiger partial charge is 0.464 e. The van der Waals surface area contributed by atoms with Gasteiger partial charge in [-0.05, 0) is 104 Å². The fourth-order valence-corrected chi connectivity index (χ4v) is 8.59. The normalized spacial score (nSPS) is 15.2. The molecule has 1 aliphatic heterocycles. The molecular formula is C40H78N4O8S2. The van der Waals surface area contributed by atoms with Crippen LogP contribution in [-0.2, 0) is 28.6 Å². The minimum atomic E-state index is -0.596. The topological polar surface area (TPSA) is 141 Å².